The Bertz CT molecular complexity index is 1240. The molecule has 0 saturated heterocycles. The third-order valence-electron chi connectivity index (χ3n) is 5.41. The Morgan fingerprint density at radius 3 is 2.52 bits per heavy atom. The average Bonchev–Trinajstić information content (AvgIpc) is 3.52. The van der Waals surface area contributed by atoms with Crippen molar-refractivity contribution in [3.8, 4) is 16.9 Å². The zero-order valence-electron chi connectivity index (χ0n) is 17.4. The number of nitrogens with zero attached hydrogens (tertiary/aromatic N) is 4. The van der Waals surface area contributed by atoms with Crippen LogP contribution in [0.3, 0.4) is 0 Å². The molecule has 156 valence electrons. The smallest absolute Gasteiger partial charge is 0.247 e. The number of amides is 1. The lowest BCUT2D eigenvalue weighted by Crippen LogP contribution is -2.30. The van der Waals surface area contributed by atoms with E-state index in [1.807, 2.05) is 71.8 Å². The van der Waals surface area contributed by atoms with Crippen molar-refractivity contribution in [3.63, 3.8) is 0 Å². The van der Waals surface area contributed by atoms with Gasteiger partial charge in [-0.15, -0.1) is 5.10 Å². The fraction of sp³-hybridized carbons (Fsp3) is 0.208. The molecule has 1 aliphatic carbocycles. The third kappa shape index (κ3) is 3.82. The van der Waals surface area contributed by atoms with Crippen LogP contribution < -0.4 is 15.0 Å². The lowest BCUT2D eigenvalue weighted by molar-refractivity contribution is -0.116. The minimum Gasteiger partial charge on any atom is -0.495 e. The number of fused-ring (bicyclic) bond motifs is 1. The number of carbonyl (C=O) groups is 1. The molecule has 0 unspecified atom stereocenters. The second-order valence-corrected chi connectivity index (χ2v) is 7.65. The van der Waals surface area contributed by atoms with E-state index in [0.29, 0.717) is 12.0 Å². The quantitative estimate of drug-likeness (QED) is 0.498. The van der Waals surface area contributed by atoms with Gasteiger partial charge in [-0.05, 0) is 54.8 Å². The lowest BCUT2D eigenvalue weighted by Gasteiger charge is -2.21. The Morgan fingerprint density at radius 1 is 1.06 bits per heavy atom. The molecule has 0 aliphatic heterocycles. The molecule has 7 heteroatoms. The number of para-hydroxylation sites is 2. The SMILES string of the molecule is COc1ccccc1Nc1nc2ccc(-c3ccc(N(C(C)=O)C4CC4)cc3)cn2n1. The fourth-order valence-electron chi connectivity index (χ4n) is 3.77. The summed E-state index contributed by atoms with van der Waals surface area (Å²) in [5.74, 6) is 1.32. The highest BCUT2D eigenvalue weighted by molar-refractivity contribution is 5.93. The number of anilines is 3. The first kappa shape index (κ1) is 19.1. The Balaban J connectivity index is 1.40. The van der Waals surface area contributed by atoms with Gasteiger partial charge in [0, 0.05) is 30.4 Å². The maximum absolute atomic E-state index is 12.0. The summed E-state index contributed by atoms with van der Waals surface area (Å²) in [6, 6.07) is 20.1. The summed E-state index contributed by atoms with van der Waals surface area (Å²) in [5, 5.41) is 7.77. The number of pyridine rings is 1. The number of hydrogen-bond acceptors (Lipinski definition) is 5. The molecule has 1 fully saturated rings. The Hall–Kier alpha value is -3.87. The first-order chi connectivity index (χ1) is 15.1. The minimum atomic E-state index is 0.0920. The van der Waals surface area contributed by atoms with Crippen molar-refractivity contribution in [1.82, 2.24) is 14.6 Å². The van der Waals surface area contributed by atoms with E-state index < -0.39 is 0 Å². The van der Waals surface area contributed by atoms with Gasteiger partial charge in [0.05, 0.1) is 12.8 Å². The number of benzene rings is 2. The molecule has 1 N–H and O–H groups in total. The average molecular weight is 413 g/mol. The van der Waals surface area contributed by atoms with Gasteiger partial charge in [0.2, 0.25) is 11.9 Å². The third-order valence-corrected chi connectivity index (χ3v) is 5.41. The molecule has 0 bridgehead atoms. The summed E-state index contributed by atoms with van der Waals surface area (Å²) in [4.78, 5) is 18.4. The first-order valence-corrected chi connectivity index (χ1v) is 10.3. The molecule has 2 aromatic heterocycles. The number of carbonyl (C=O) groups excluding carboxylic acids is 1. The predicted octanol–water partition coefficient (Wildman–Crippen LogP) is 4.66. The van der Waals surface area contributed by atoms with Gasteiger partial charge >= 0.3 is 0 Å². The normalized spacial score (nSPS) is 13.2. The summed E-state index contributed by atoms with van der Waals surface area (Å²) < 4.78 is 7.14. The highest BCUT2D eigenvalue weighted by Gasteiger charge is 2.31. The van der Waals surface area contributed by atoms with Gasteiger partial charge in [-0.1, -0.05) is 24.3 Å². The van der Waals surface area contributed by atoms with Gasteiger partial charge < -0.3 is 15.0 Å². The lowest BCUT2D eigenvalue weighted by atomic mass is 10.1. The highest BCUT2D eigenvalue weighted by Crippen LogP contribution is 2.33. The molecule has 2 heterocycles. The van der Waals surface area contributed by atoms with Crippen LogP contribution in [0.5, 0.6) is 5.75 Å². The maximum Gasteiger partial charge on any atom is 0.247 e. The number of hydrogen-bond donors (Lipinski definition) is 1. The van der Waals surface area contributed by atoms with Crippen molar-refractivity contribution in [3.05, 3.63) is 66.9 Å². The van der Waals surface area contributed by atoms with Crippen LogP contribution in [0.4, 0.5) is 17.3 Å². The summed E-state index contributed by atoms with van der Waals surface area (Å²) in [5.41, 5.74) is 4.58. The molecule has 2 aromatic carbocycles. The van der Waals surface area contributed by atoms with Gasteiger partial charge in [-0.2, -0.15) is 4.98 Å². The fourth-order valence-corrected chi connectivity index (χ4v) is 3.77. The second-order valence-electron chi connectivity index (χ2n) is 7.65. The number of nitrogens with one attached hydrogen (secondary N) is 1. The van der Waals surface area contributed by atoms with Gasteiger partial charge in [-0.25, -0.2) is 4.52 Å². The van der Waals surface area contributed by atoms with E-state index in [1.54, 1.807) is 18.5 Å². The van der Waals surface area contributed by atoms with Crippen LogP contribution in [0.2, 0.25) is 0 Å². The Kier molecular flexibility index (Phi) is 4.78. The molecule has 4 aromatic rings. The van der Waals surface area contributed by atoms with Crippen LogP contribution in [0, 0.1) is 0 Å². The largest absolute Gasteiger partial charge is 0.495 e. The summed E-state index contributed by atoms with van der Waals surface area (Å²) >= 11 is 0. The Morgan fingerprint density at radius 2 is 1.81 bits per heavy atom. The molecule has 0 spiro atoms. The number of rotatable bonds is 6. The van der Waals surface area contributed by atoms with Crippen molar-refractivity contribution < 1.29 is 9.53 Å². The summed E-state index contributed by atoms with van der Waals surface area (Å²) in [7, 11) is 1.63. The van der Waals surface area contributed by atoms with Crippen molar-refractivity contribution in [2.75, 3.05) is 17.3 Å². The standard InChI is InChI=1S/C24H23N5O2/c1-16(30)29(20-12-13-20)19-10-7-17(8-11-19)18-9-14-23-26-24(27-28(23)15-18)25-21-5-3-4-6-22(21)31-2/h3-11,14-15,20H,12-13H2,1-2H3,(H,25,27). The molecule has 5 rings (SSSR count). The minimum absolute atomic E-state index is 0.0920. The van der Waals surface area contributed by atoms with Crippen molar-refractivity contribution in [2.24, 2.45) is 0 Å². The van der Waals surface area contributed by atoms with Gasteiger partial charge in [-0.3, -0.25) is 4.79 Å². The first-order valence-electron chi connectivity index (χ1n) is 10.3. The van der Waals surface area contributed by atoms with Crippen LogP contribution in [-0.2, 0) is 4.79 Å². The van der Waals surface area contributed by atoms with E-state index in [2.05, 4.69) is 15.4 Å². The predicted molar refractivity (Wildman–Crippen MR) is 121 cm³/mol. The van der Waals surface area contributed by atoms with E-state index in [-0.39, 0.29) is 5.91 Å². The maximum atomic E-state index is 12.0. The van der Waals surface area contributed by atoms with Crippen LogP contribution in [0.15, 0.2) is 66.9 Å². The van der Waals surface area contributed by atoms with E-state index >= 15 is 0 Å². The molecule has 1 aliphatic rings. The zero-order chi connectivity index (χ0) is 21.4. The van der Waals surface area contributed by atoms with E-state index in [9.17, 15) is 4.79 Å². The zero-order valence-corrected chi connectivity index (χ0v) is 17.4. The monoisotopic (exact) mass is 413 g/mol. The van der Waals surface area contributed by atoms with Crippen molar-refractivity contribution in [2.45, 2.75) is 25.8 Å². The summed E-state index contributed by atoms with van der Waals surface area (Å²) in [6.07, 6.45) is 4.11. The molecule has 0 atom stereocenters. The summed E-state index contributed by atoms with van der Waals surface area (Å²) in [6.45, 7) is 1.63. The molecule has 0 radical (unpaired) electrons. The molecule has 31 heavy (non-hydrogen) atoms. The molecular weight excluding hydrogens is 390 g/mol. The van der Waals surface area contributed by atoms with E-state index in [0.717, 1.165) is 46.7 Å². The van der Waals surface area contributed by atoms with Crippen molar-refractivity contribution >= 4 is 28.9 Å². The van der Waals surface area contributed by atoms with Crippen LogP contribution >= 0.6 is 0 Å². The van der Waals surface area contributed by atoms with E-state index in [4.69, 9.17) is 4.74 Å². The molecule has 1 amide bonds. The van der Waals surface area contributed by atoms with Crippen LogP contribution in [-0.4, -0.2) is 33.7 Å². The van der Waals surface area contributed by atoms with E-state index in [1.165, 1.54) is 0 Å². The van der Waals surface area contributed by atoms with Crippen LogP contribution in [0.1, 0.15) is 19.8 Å². The number of aromatic nitrogens is 3. The molecular formula is C24H23N5O2. The topological polar surface area (TPSA) is 71.8 Å². The number of methoxy groups -OCH3 is 1. The van der Waals surface area contributed by atoms with Crippen LogP contribution in [0.25, 0.3) is 16.8 Å². The van der Waals surface area contributed by atoms with Gasteiger partial charge in [0.1, 0.15) is 5.75 Å². The second kappa shape index (κ2) is 7.75. The van der Waals surface area contributed by atoms with Crippen molar-refractivity contribution in [1.29, 1.82) is 0 Å². The Labute approximate surface area is 180 Å². The van der Waals surface area contributed by atoms with Gasteiger partial charge in [0.25, 0.3) is 0 Å². The number of ether oxygens (including phenoxy) is 1. The molecule has 7 nitrogen and oxygen atoms in total. The highest BCUT2D eigenvalue weighted by atomic mass is 16.5. The van der Waals surface area contributed by atoms with Gasteiger partial charge in [0.15, 0.2) is 5.65 Å². The molecule has 1 saturated carbocycles.